The predicted octanol–water partition coefficient (Wildman–Crippen LogP) is 4.66. The molecule has 0 spiro atoms. The van der Waals surface area contributed by atoms with Crippen LogP contribution in [0.1, 0.15) is 11.1 Å². The lowest BCUT2D eigenvalue weighted by Crippen LogP contribution is -2.36. The van der Waals surface area contributed by atoms with Crippen molar-refractivity contribution in [3.8, 4) is 0 Å². The molecule has 2 aliphatic rings. The highest BCUT2D eigenvalue weighted by molar-refractivity contribution is 9.10. The summed E-state index contributed by atoms with van der Waals surface area (Å²) in [6, 6.07) is 17.4. The topological polar surface area (TPSA) is 37.4 Å². The first-order valence-corrected chi connectivity index (χ1v) is 11.5. The summed E-state index contributed by atoms with van der Waals surface area (Å²) in [5.41, 5.74) is 2.50. The van der Waals surface area contributed by atoms with Gasteiger partial charge in [0.05, 0.1) is 4.24 Å². The molecule has 27 heavy (non-hydrogen) atoms. The molecule has 2 aromatic carbocycles. The molecule has 1 unspecified atom stereocenters. The van der Waals surface area contributed by atoms with Gasteiger partial charge in [0, 0.05) is 28.9 Å². The zero-order chi connectivity index (χ0) is 18.8. The third kappa shape index (κ3) is 4.03. The first-order valence-electron chi connectivity index (χ1n) is 8.77. The van der Waals surface area contributed by atoms with Crippen molar-refractivity contribution in [2.45, 2.75) is 19.0 Å². The molecular formula is C21H18BrNO2S2. The minimum atomic E-state index is -0.441. The summed E-state index contributed by atoms with van der Waals surface area (Å²) in [4.78, 5) is 28.1. The maximum Gasteiger partial charge on any atom is 0.260 e. The van der Waals surface area contributed by atoms with Crippen molar-refractivity contribution in [1.82, 2.24) is 4.90 Å². The molecule has 0 saturated carbocycles. The summed E-state index contributed by atoms with van der Waals surface area (Å²) in [6.45, 7) is 0.457. The summed E-state index contributed by atoms with van der Waals surface area (Å²) in [5.74, 6) is 1.76. The van der Waals surface area contributed by atoms with Gasteiger partial charge >= 0.3 is 0 Å². The van der Waals surface area contributed by atoms with E-state index < -0.39 is 6.04 Å². The van der Waals surface area contributed by atoms with E-state index in [9.17, 15) is 9.59 Å². The van der Waals surface area contributed by atoms with Crippen LogP contribution in [0.3, 0.4) is 0 Å². The van der Waals surface area contributed by atoms with Gasteiger partial charge in [-0.05, 0) is 23.3 Å². The standard InChI is InChI=1S/C21H18BrNO2S2/c22-16-8-6-14(7-9-16)12-17-19(24)18(21-26-10-11-27-21)20(25)23(17)13-15-4-2-1-3-5-15/h1-9,17H,10-13H2. The number of nitrogens with zero attached hydrogens (tertiary/aromatic N) is 1. The van der Waals surface area contributed by atoms with Gasteiger partial charge in [0.25, 0.3) is 5.91 Å². The number of thioether (sulfide) groups is 2. The fourth-order valence-corrected chi connectivity index (χ4v) is 6.15. The van der Waals surface area contributed by atoms with Crippen molar-refractivity contribution < 1.29 is 9.59 Å². The number of carbonyl (C=O) groups excluding carboxylic acids is 2. The van der Waals surface area contributed by atoms with Gasteiger partial charge in [-0.1, -0.05) is 58.4 Å². The molecule has 0 N–H and O–H groups in total. The van der Waals surface area contributed by atoms with E-state index >= 15 is 0 Å². The van der Waals surface area contributed by atoms with Gasteiger partial charge in [-0.15, -0.1) is 23.5 Å². The average Bonchev–Trinajstić information content (AvgIpc) is 3.27. The molecule has 2 aromatic rings. The van der Waals surface area contributed by atoms with Crippen LogP contribution in [0, 0.1) is 0 Å². The molecule has 0 aliphatic carbocycles. The first-order chi connectivity index (χ1) is 13.1. The van der Waals surface area contributed by atoms with Crippen LogP contribution in [0.25, 0.3) is 0 Å². The number of benzene rings is 2. The third-order valence-electron chi connectivity index (χ3n) is 4.69. The van der Waals surface area contributed by atoms with Crippen molar-refractivity contribution in [2.24, 2.45) is 0 Å². The van der Waals surface area contributed by atoms with E-state index in [1.54, 1.807) is 28.4 Å². The lowest BCUT2D eigenvalue weighted by Gasteiger charge is -2.23. The molecule has 4 rings (SSSR count). The van der Waals surface area contributed by atoms with E-state index in [1.807, 2.05) is 54.6 Å². The second-order valence-corrected chi connectivity index (χ2v) is 9.87. The minimum Gasteiger partial charge on any atom is -0.323 e. The number of hydrogen-bond acceptors (Lipinski definition) is 4. The molecule has 1 amide bonds. The highest BCUT2D eigenvalue weighted by Gasteiger charge is 2.45. The van der Waals surface area contributed by atoms with Gasteiger partial charge in [-0.2, -0.15) is 0 Å². The van der Waals surface area contributed by atoms with Crippen molar-refractivity contribution in [2.75, 3.05) is 11.5 Å². The molecule has 3 nitrogen and oxygen atoms in total. The predicted molar refractivity (Wildman–Crippen MR) is 116 cm³/mol. The first kappa shape index (κ1) is 18.8. The van der Waals surface area contributed by atoms with E-state index in [0.717, 1.165) is 31.3 Å². The molecule has 138 valence electrons. The molecule has 1 atom stereocenters. The molecule has 0 aromatic heterocycles. The molecule has 2 heterocycles. The average molecular weight is 460 g/mol. The van der Waals surface area contributed by atoms with Crippen LogP contribution in [-0.4, -0.2) is 34.1 Å². The Labute approximate surface area is 175 Å². The van der Waals surface area contributed by atoms with Crippen LogP contribution in [0.2, 0.25) is 0 Å². The SMILES string of the molecule is O=C1C(=C2SCCS2)C(=O)N(Cc2ccccc2)C1Cc1ccc(Br)cc1. The van der Waals surface area contributed by atoms with E-state index in [1.165, 1.54) is 0 Å². The van der Waals surface area contributed by atoms with Gasteiger partial charge in [-0.25, -0.2) is 0 Å². The molecule has 2 fully saturated rings. The maximum atomic E-state index is 13.2. The normalized spacial score (nSPS) is 20.0. The van der Waals surface area contributed by atoms with Crippen molar-refractivity contribution in [1.29, 1.82) is 0 Å². The van der Waals surface area contributed by atoms with Crippen molar-refractivity contribution in [3.05, 3.63) is 80.0 Å². The van der Waals surface area contributed by atoms with Gasteiger partial charge in [0.1, 0.15) is 11.6 Å². The highest BCUT2D eigenvalue weighted by Crippen LogP contribution is 2.42. The Morgan fingerprint density at radius 1 is 0.926 bits per heavy atom. The monoisotopic (exact) mass is 459 g/mol. The van der Waals surface area contributed by atoms with Crippen molar-refractivity contribution >= 4 is 51.1 Å². The summed E-state index contributed by atoms with van der Waals surface area (Å²) in [6.07, 6.45) is 0.538. The number of hydrogen-bond donors (Lipinski definition) is 0. The van der Waals surface area contributed by atoms with Crippen LogP contribution in [-0.2, 0) is 22.6 Å². The fraction of sp³-hybridized carbons (Fsp3) is 0.238. The Hall–Kier alpha value is -1.50. The second kappa shape index (κ2) is 8.25. The molecular weight excluding hydrogens is 442 g/mol. The zero-order valence-electron chi connectivity index (χ0n) is 14.6. The van der Waals surface area contributed by atoms with Crippen LogP contribution in [0.4, 0.5) is 0 Å². The van der Waals surface area contributed by atoms with Crippen LogP contribution < -0.4 is 0 Å². The summed E-state index contributed by atoms with van der Waals surface area (Å²) < 4.78 is 1.91. The Bertz CT molecular complexity index is 888. The summed E-state index contributed by atoms with van der Waals surface area (Å²) in [5, 5.41) is 0. The lowest BCUT2D eigenvalue weighted by atomic mass is 10.0. The van der Waals surface area contributed by atoms with Crippen LogP contribution in [0.5, 0.6) is 0 Å². The Morgan fingerprint density at radius 2 is 1.59 bits per heavy atom. The molecule has 0 bridgehead atoms. The zero-order valence-corrected chi connectivity index (χ0v) is 17.8. The number of ketones is 1. The Morgan fingerprint density at radius 3 is 2.26 bits per heavy atom. The molecule has 2 saturated heterocycles. The number of halogens is 1. The third-order valence-corrected chi connectivity index (χ3v) is 7.94. The molecule has 0 radical (unpaired) electrons. The molecule has 2 aliphatic heterocycles. The summed E-state index contributed by atoms with van der Waals surface area (Å²) in [7, 11) is 0. The fourth-order valence-electron chi connectivity index (χ4n) is 3.35. The van der Waals surface area contributed by atoms with Crippen LogP contribution in [0.15, 0.2) is 68.9 Å². The number of rotatable bonds is 4. The number of likely N-dealkylation sites (tertiary alicyclic amines) is 1. The quantitative estimate of drug-likeness (QED) is 0.491. The van der Waals surface area contributed by atoms with Gasteiger partial charge in [0.15, 0.2) is 5.78 Å². The highest BCUT2D eigenvalue weighted by atomic mass is 79.9. The smallest absolute Gasteiger partial charge is 0.260 e. The minimum absolute atomic E-state index is 0.0317. The second-order valence-electron chi connectivity index (χ2n) is 6.49. The van der Waals surface area contributed by atoms with E-state index in [4.69, 9.17) is 0 Å². The Kier molecular flexibility index (Phi) is 5.76. The number of carbonyl (C=O) groups is 2. The van der Waals surface area contributed by atoms with Crippen molar-refractivity contribution in [3.63, 3.8) is 0 Å². The van der Waals surface area contributed by atoms with E-state index in [-0.39, 0.29) is 11.7 Å². The number of Topliss-reactive ketones (excluding diaryl/α,β-unsaturated/α-hetero) is 1. The maximum absolute atomic E-state index is 13.2. The van der Waals surface area contributed by atoms with Gasteiger partial charge < -0.3 is 4.90 Å². The van der Waals surface area contributed by atoms with Crippen LogP contribution >= 0.6 is 39.5 Å². The summed E-state index contributed by atoms with van der Waals surface area (Å²) >= 11 is 6.71. The lowest BCUT2D eigenvalue weighted by molar-refractivity contribution is -0.127. The van der Waals surface area contributed by atoms with E-state index in [2.05, 4.69) is 15.9 Å². The Balaban J connectivity index is 1.67. The van der Waals surface area contributed by atoms with E-state index in [0.29, 0.717) is 18.5 Å². The van der Waals surface area contributed by atoms with Gasteiger partial charge in [-0.3, -0.25) is 9.59 Å². The number of amides is 1. The van der Waals surface area contributed by atoms with Gasteiger partial charge in [0.2, 0.25) is 0 Å². The molecule has 6 heteroatoms. The largest absolute Gasteiger partial charge is 0.323 e.